The molecule has 0 saturated carbocycles. The Bertz CT molecular complexity index is 536. The Kier molecular flexibility index (Phi) is 2.60. The van der Waals surface area contributed by atoms with E-state index in [2.05, 4.69) is 10.1 Å². The second-order valence-electron chi connectivity index (χ2n) is 3.08. The molecule has 0 radical (unpaired) electrons. The molecular weight excluding hydrogens is 214 g/mol. The van der Waals surface area contributed by atoms with Crippen molar-refractivity contribution in [2.75, 3.05) is 0 Å². The van der Waals surface area contributed by atoms with Crippen LogP contribution >= 0.6 is 0 Å². The lowest BCUT2D eigenvalue weighted by molar-refractivity contribution is 0.532. The summed E-state index contributed by atoms with van der Waals surface area (Å²) in [7, 11) is 0. The fraction of sp³-hybridized carbons (Fsp3) is 0.100. The lowest BCUT2D eigenvalue weighted by Crippen LogP contribution is -2.05. The highest BCUT2D eigenvalue weighted by Gasteiger charge is 2.09. The zero-order valence-electron chi connectivity index (χ0n) is 8.06. The Labute approximate surface area is 89.8 Å². The maximum atomic E-state index is 13.3. The molecule has 0 amide bonds. The third-order valence-corrected chi connectivity index (χ3v) is 2.02. The fourth-order valence-electron chi connectivity index (χ4n) is 1.27. The van der Waals surface area contributed by atoms with Gasteiger partial charge in [0.1, 0.15) is 24.0 Å². The predicted molar refractivity (Wildman–Crippen MR) is 50.2 cm³/mol. The second kappa shape index (κ2) is 4.06. The molecular formula is C10H6F2N4. The van der Waals surface area contributed by atoms with E-state index in [-0.39, 0.29) is 17.9 Å². The van der Waals surface area contributed by atoms with Gasteiger partial charge in [0.25, 0.3) is 5.82 Å². The third kappa shape index (κ3) is 1.88. The zero-order valence-corrected chi connectivity index (χ0v) is 8.06. The minimum absolute atomic E-state index is 0.0308. The third-order valence-electron chi connectivity index (χ3n) is 2.02. The van der Waals surface area contributed by atoms with E-state index < -0.39 is 11.6 Å². The van der Waals surface area contributed by atoms with Gasteiger partial charge >= 0.3 is 0 Å². The van der Waals surface area contributed by atoms with Gasteiger partial charge in [-0.3, -0.25) is 0 Å². The summed E-state index contributed by atoms with van der Waals surface area (Å²) >= 11 is 0. The number of hydrogen-bond donors (Lipinski definition) is 0. The van der Waals surface area contributed by atoms with E-state index in [1.807, 2.05) is 0 Å². The number of aromatic nitrogens is 3. The second-order valence-corrected chi connectivity index (χ2v) is 3.08. The van der Waals surface area contributed by atoms with Gasteiger partial charge in [0.05, 0.1) is 6.54 Å². The van der Waals surface area contributed by atoms with Crippen molar-refractivity contribution in [2.24, 2.45) is 0 Å². The topological polar surface area (TPSA) is 54.5 Å². The minimum atomic E-state index is -0.644. The SMILES string of the molecule is N#Cc1ncn(Cc2c(F)cccc2F)n1. The Morgan fingerprint density at radius 3 is 2.56 bits per heavy atom. The van der Waals surface area contributed by atoms with E-state index in [4.69, 9.17) is 5.26 Å². The van der Waals surface area contributed by atoms with E-state index in [0.29, 0.717) is 0 Å². The molecule has 0 aliphatic heterocycles. The van der Waals surface area contributed by atoms with Crippen LogP contribution in [0.2, 0.25) is 0 Å². The number of benzene rings is 1. The Morgan fingerprint density at radius 2 is 2.00 bits per heavy atom. The minimum Gasteiger partial charge on any atom is -0.247 e. The first-order valence-electron chi connectivity index (χ1n) is 4.43. The van der Waals surface area contributed by atoms with E-state index in [9.17, 15) is 8.78 Å². The van der Waals surface area contributed by atoms with Crippen LogP contribution in [0.15, 0.2) is 24.5 Å². The highest BCUT2D eigenvalue weighted by atomic mass is 19.1. The number of nitriles is 1. The molecule has 0 atom stereocenters. The molecule has 1 aromatic heterocycles. The number of halogens is 2. The van der Waals surface area contributed by atoms with Gasteiger partial charge in [-0.05, 0) is 12.1 Å². The molecule has 1 aromatic carbocycles. The first-order valence-corrected chi connectivity index (χ1v) is 4.43. The van der Waals surface area contributed by atoms with Gasteiger partial charge in [-0.15, -0.1) is 5.10 Å². The van der Waals surface area contributed by atoms with Gasteiger partial charge in [0.2, 0.25) is 0 Å². The van der Waals surface area contributed by atoms with Gasteiger partial charge < -0.3 is 0 Å². The molecule has 4 nitrogen and oxygen atoms in total. The average Bonchev–Trinajstić information content (AvgIpc) is 2.71. The van der Waals surface area contributed by atoms with Gasteiger partial charge in [-0.25, -0.2) is 18.4 Å². The lowest BCUT2D eigenvalue weighted by Gasteiger charge is -2.03. The highest BCUT2D eigenvalue weighted by Crippen LogP contribution is 2.12. The van der Waals surface area contributed by atoms with Crippen molar-refractivity contribution >= 4 is 0 Å². The zero-order chi connectivity index (χ0) is 11.5. The molecule has 80 valence electrons. The van der Waals surface area contributed by atoms with Crippen LogP contribution < -0.4 is 0 Å². The maximum Gasteiger partial charge on any atom is 0.252 e. The van der Waals surface area contributed by atoms with Crippen LogP contribution in [-0.4, -0.2) is 14.8 Å². The Hall–Kier alpha value is -2.29. The fourth-order valence-corrected chi connectivity index (χ4v) is 1.27. The molecule has 0 spiro atoms. The predicted octanol–water partition coefficient (Wildman–Crippen LogP) is 1.48. The van der Waals surface area contributed by atoms with Crippen LogP contribution in [0.4, 0.5) is 8.78 Å². The van der Waals surface area contributed by atoms with Crippen molar-refractivity contribution in [2.45, 2.75) is 6.54 Å². The quantitative estimate of drug-likeness (QED) is 0.770. The molecule has 2 rings (SSSR count). The first-order chi connectivity index (χ1) is 7.70. The summed E-state index contributed by atoms with van der Waals surface area (Å²) in [6.07, 6.45) is 1.25. The highest BCUT2D eigenvalue weighted by molar-refractivity contribution is 5.20. The van der Waals surface area contributed by atoms with Crippen molar-refractivity contribution in [3.63, 3.8) is 0 Å². The molecule has 2 aromatic rings. The first kappa shape index (κ1) is 10.2. The standard InChI is InChI=1S/C10H6F2N4/c11-8-2-1-3-9(12)7(8)5-16-6-14-10(4-13)15-16/h1-3,6H,5H2. The number of hydrogen-bond acceptors (Lipinski definition) is 3. The van der Waals surface area contributed by atoms with Crippen LogP contribution in [0.25, 0.3) is 0 Å². The molecule has 0 aliphatic rings. The van der Waals surface area contributed by atoms with Crippen LogP contribution in [0.1, 0.15) is 11.4 Å². The van der Waals surface area contributed by atoms with Gasteiger partial charge in [-0.2, -0.15) is 5.26 Å². The summed E-state index contributed by atoms with van der Waals surface area (Å²) in [5.41, 5.74) is -0.100. The summed E-state index contributed by atoms with van der Waals surface area (Å²) in [5.74, 6) is -1.32. The Balaban J connectivity index is 2.31. The molecule has 0 bridgehead atoms. The smallest absolute Gasteiger partial charge is 0.247 e. The molecule has 1 heterocycles. The van der Waals surface area contributed by atoms with E-state index in [1.165, 1.54) is 29.2 Å². The van der Waals surface area contributed by atoms with Crippen molar-refractivity contribution in [3.8, 4) is 6.07 Å². The van der Waals surface area contributed by atoms with Crippen LogP contribution in [0, 0.1) is 23.0 Å². The van der Waals surface area contributed by atoms with Crippen molar-refractivity contribution in [3.05, 3.63) is 47.5 Å². The van der Waals surface area contributed by atoms with E-state index in [1.54, 1.807) is 6.07 Å². The molecule has 0 saturated heterocycles. The van der Waals surface area contributed by atoms with E-state index >= 15 is 0 Å². The summed E-state index contributed by atoms with van der Waals surface area (Å²) in [6, 6.07) is 5.35. The van der Waals surface area contributed by atoms with Crippen LogP contribution in [0.5, 0.6) is 0 Å². The van der Waals surface area contributed by atoms with Gasteiger partial charge in [0, 0.05) is 5.56 Å². The molecule has 0 fully saturated rings. The molecule has 16 heavy (non-hydrogen) atoms. The monoisotopic (exact) mass is 220 g/mol. The average molecular weight is 220 g/mol. The molecule has 0 unspecified atom stereocenters. The molecule has 0 N–H and O–H groups in total. The largest absolute Gasteiger partial charge is 0.252 e. The maximum absolute atomic E-state index is 13.3. The van der Waals surface area contributed by atoms with Crippen LogP contribution in [0.3, 0.4) is 0 Å². The molecule has 6 heteroatoms. The van der Waals surface area contributed by atoms with Crippen LogP contribution in [-0.2, 0) is 6.54 Å². The molecule has 0 aliphatic carbocycles. The normalized spacial score (nSPS) is 10.1. The summed E-state index contributed by atoms with van der Waals surface area (Å²) in [5, 5.41) is 12.2. The number of rotatable bonds is 2. The van der Waals surface area contributed by atoms with Crippen molar-refractivity contribution in [1.29, 1.82) is 5.26 Å². The van der Waals surface area contributed by atoms with Gasteiger partial charge in [0.15, 0.2) is 0 Å². The number of nitrogens with zero attached hydrogens (tertiary/aromatic N) is 4. The van der Waals surface area contributed by atoms with Crippen molar-refractivity contribution in [1.82, 2.24) is 14.8 Å². The van der Waals surface area contributed by atoms with Crippen molar-refractivity contribution < 1.29 is 8.78 Å². The summed E-state index contributed by atoms with van der Waals surface area (Å²) < 4.78 is 27.7. The van der Waals surface area contributed by atoms with E-state index in [0.717, 1.165) is 0 Å². The lowest BCUT2D eigenvalue weighted by atomic mass is 10.2. The van der Waals surface area contributed by atoms with Gasteiger partial charge in [-0.1, -0.05) is 6.07 Å². The summed E-state index contributed by atoms with van der Waals surface area (Å²) in [6.45, 7) is -0.0901. The summed E-state index contributed by atoms with van der Waals surface area (Å²) in [4.78, 5) is 3.64. The Morgan fingerprint density at radius 1 is 1.31 bits per heavy atom.